The Hall–Kier alpha value is -2.84. The summed E-state index contributed by atoms with van der Waals surface area (Å²) in [6.45, 7) is 15.0. The van der Waals surface area contributed by atoms with Crippen molar-refractivity contribution >= 4 is 40.5 Å². The van der Waals surface area contributed by atoms with Crippen molar-refractivity contribution in [2.45, 2.75) is 26.9 Å². The fourth-order valence-corrected chi connectivity index (χ4v) is 4.42. The fraction of sp³-hybridized carbons (Fsp3) is 0.391. The van der Waals surface area contributed by atoms with E-state index in [2.05, 4.69) is 39.7 Å². The second kappa shape index (κ2) is 10.5. The number of aliphatic imine (C=N–C) groups is 1. The lowest BCUT2D eigenvalue weighted by Crippen LogP contribution is -2.46. The molecule has 1 saturated heterocycles. The van der Waals surface area contributed by atoms with Crippen LogP contribution in [0, 0.1) is 0 Å². The summed E-state index contributed by atoms with van der Waals surface area (Å²) in [6, 6.07) is 6.05. The van der Waals surface area contributed by atoms with Gasteiger partial charge in [0, 0.05) is 48.9 Å². The number of amidine groups is 1. The van der Waals surface area contributed by atoms with Crippen LogP contribution >= 0.6 is 11.3 Å². The van der Waals surface area contributed by atoms with Crippen LogP contribution in [0.1, 0.15) is 36.0 Å². The standard InChI is InChI=1S/C23H31N5O2S/c1-5-25-21-17(14-29)15-31-22(21)23(24)26-19-8-7-18(13-20(19)30-16(3)4)28-11-9-27(6-2)10-12-28/h5,7-8,13-16,25H,1,6,9-12H2,2-4H3,(H2,24,26). The van der Waals surface area contributed by atoms with Gasteiger partial charge in [0.25, 0.3) is 0 Å². The number of rotatable bonds is 9. The van der Waals surface area contributed by atoms with E-state index >= 15 is 0 Å². The molecular formula is C23H31N5O2S. The Labute approximate surface area is 188 Å². The third-order valence-corrected chi connectivity index (χ3v) is 6.18. The average Bonchev–Trinajstić information content (AvgIpc) is 3.17. The number of carbonyl (C=O) groups is 1. The number of ether oxygens (including phenoxy) is 1. The normalized spacial score (nSPS) is 15.2. The van der Waals surface area contributed by atoms with Gasteiger partial charge < -0.3 is 25.6 Å². The van der Waals surface area contributed by atoms with Gasteiger partial charge in [-0.05, 0) is 38.7 Å². The quantitative estimate of drug-likeness (QED) is 0.347. The molecule has 166 valence electrons. The van der Waals surface area contributed by atoms with Gasteiger partial charge in [-0.25, -0.2) is 4.99 Å². The molecule has 0 unspecified atom stereocenters. The molecule has 0 atom stereocenters. The number of nitrogens with one attached hydrogen (secondary N) is 1. The Morgan fingerprint density at radius 1 is 1.35 bits per heavy atom. The lowest BCUT2D eigenvalue weighted by Gasteiger charge is -2.35. The van der Waals surface area contributed by atoms with E-state index in [0.717, 1.165) is 44.7 Å². The Bertz CT molecular complexity index is 945. The van der Waals surface area contributed by atoms with E-state index in [1.54, 1.807) is 5.38 Å². The molecule has 0 spiro atoms. The highest BCUT2D eigenvalue weighted by molar-refractivity contribution is 7.13. The molecule has 0 aliphatic carbocycles. The summed E-state index contributed by atoms with van der Waals surface area (Å²) >= 11 is 1.36. The van der Waals surface area contributed by atoms with Gasteiger partial charge in [0.15, 0.2) is 6.29 Å². The van der Waals surface area contributed by atoms with Gasteiger partial charge in [0.05, 0.1) is 16.7 Å². The van der Waals surface area contributed by atoms with Crippen LogP contribution < -0.4 is 20.7 Å². The molecule has 0 bridgehead atoms. The number of piperazine rings is 1. The smallest absolute Gasteiger partial charge is 0.153 e. The second-order valence-corrected chi connectivity index (χ2v) is 8.48. The minimum absolute atomic E-state index is 0.00348. The first-order valence-electron chi connectivity index (χ1n) is 10.5. The molecule has 0 saturated carbocycles. The Morgan fingerprint density at radius 3 is 2.71 bits per heavy atom. The highest BCUT2D eigenvalue weighted by atomic mass is 32.1. The maximum absolute atomic E-state index is 11.3. The summed E-state index contributed by atoms with van der Waals surface area (Å²) in [5.74, 6) is 1.01. The van der Waals surface area contributed by atoms with Gasteiger partial charge in [0.1, 0.15) is 17.3 Å². The molecular weight excluding hydrogens is 410 g/mol. The van der Waals surface area contributed by atoms with Gasteiger partial charge in [-0.1, -0.05) is 13.5 Å². The van der Waals surface area contributed by atoms with Gasteiger partial charge in [-0.15, -0.1) is 11.3 Å². The zero-order valence-corrected chi connectivity index (χ0v) is 19.2. The molecule has 2 aromatic rings. The first-order chi connectivity index (χ1) is 15.0. The molecule has 3 N–H and O–H groups in total. The van der Waals surface area contributed by atoms with E-state index in [1.165, 1.54) is 17.5 Å². The number of thiophene rings is 1. The number of carbonyl (C=O) groups excluding carboxylic acids is 1. The average molecular weight is 442 g/mol. The number of nitrogens with two attached hydrogens (primary N) is 1. The Balaban J connectivity index is 1.92. The molecule has 7 nitrogen and oxygen atoms in total. The predicted octanol–water partition coefficient (Wildman–Crippen LogP) is 4.08. The van der Waals surface area contributed by atoms with Crippen LogP contribution in [-0.4, -0.2) is 55.8 Å². The van der Waals surface area contributed by atoms with Crippen LogP contribution in [0.5, 0.6) is 5.75 Å². The molecule has 2 heterocycles. The summed E-state index contributed by atoms with van der Waals surface area (Å²) in [4.78, 5) is 21.5. The van der Waals surface area contributed by atoms with Crippen LogP contribution in [0.3, 0.4) is 0 Å². The summed E-state index contributed by atoms with van der Waals surface area (Å²) in [5.41, 5.74) is 9.26. The summed E-state index contributed by atoms with van der Waals surface area (Å²) in [6.07, 6.45) is 2.31. The van der Waals surface area contributed by atoms with Crippen molar-refractivity contribution in [2.24, 2.45) is 10.7 Å². The number of anilines is 2. The third-order valence-electron chi connectivity index (χ3n) is 5.16. The van der Waals surface area contributed by atoms with Gasteiger partial charge in [-0.2, -0.15) is 0 Å². The minimum Gasteiger partial charge on any atom is -0.489 e. The lowest BCUT2D eigenvalue weighted by molar-refractivity contribution is 0.112. The van der Waals surface area contributed by atoms with Crippen molar-refractivity contribution in [3.8, 4) is 5.75 Å². The van der Waals surface area contributed by atoms with Crippen molar-refractivity contribution in [3.05, 3.63) is 46.8 Å². The molecule has 1 aliphatic rings. The van der Waals surface area contributed by atoms with E-state index < -0.39 is 0 Å². The zero-order chi connectivity index (χ0) is 22.4. The lowest BCUT2D eigenvalue weighted by atomic mass is 10.2. The van der Waals surface area contributed by atoms with Crippen molar-refractivity contribution in [3.63, 3.8) is 0 Å². The van der Waals surface area contributed by atoms with Crippen LogP contribution in [0.2, 0.25) is 0 Å². The largest absolute Gasteiger partial charge is 0.489 e. The second-order valence-electron chi connectivity index (χ2n) is 7.60. The van der Waals surface area contributed by atoms with Gasteiger partial charge >= 0.3 is 0 Å². The Kier molecular flexibility index (Phi) is 7.70. The molecule has 31 heavy (non-hydrogen) atoms. The third kappa shape index (κ3) is 5.45. The van der Waals surface area contributed by atoms with Crippen LogP contribution in [-0.2, 0) is 0 Å². The monoisotopic (exact) mass is 441 g/mol. The van der Waals surface area contributed by atoms with Gasteiger partial charge in [-0.3, -0.25) is 4.79 Å². The number of nitrogens with zero attached hydrogens (tertiary/aromatic N) is 3. The molecule has 1 fully saturated rings. The molecule has 1 aliphatic heterocycles. The van der Waals surface area contributed by atoms with E-state index in [0.29, 0.717) is 33.4 Å². The SMILES string of the molecule is C=CNc1c(C=O)csc1C(N)=Nc1ccc(N2CCN(CC)CC2)cc1OC(C)C. The van der Waals surface area contributed by atoms with Crippen molar-refractivity contribution < 1.29 is 9.53 Å². The van der Waals surface area contributed by atoms with Gasteiger partial charge in [0.2, 0.25) is 0 Å². The van der Waals surface area contributed by atoms with E-state index in [-0.39, 0.29) is 6.10 Å². The van der Waals surface area contributed by atoms with E-state index in [1.807, 2.05) is 26.0 Å². The molecule has 0 amide bonds. The number of hydrogen-bond acceptors (Lipinski definition) is 7. The molecule has 1 aromatic carbocycles. The predicted molar refractivity (Wildman–Crippen MR) is 130 cm³/mol. The van der Waals surface area contributed by atoms with Crippen LogP contribution in [0.25, 0.3) is 0 Å². The minimum atomic E-state index is 0.00348. The van der Waals surface area contributed by atoms with E-state index in [9.17, 15) is 4.79 Å². The molecule has 0 radical (unpaired) electrons. The zero-order valence-electron chi connectivity index (χ0n) is 18.4. The molecule has 3 rings (SSSR count). The summed E-state index contributed by atoms with van der Waals surface area (Å²) in [7, 11) is 0. The maximum Gasteiger partial charge on any atom is 0.153 e. The van der Waals surface area contributed by atoms with Crippen molar-refractivity contribution in [1.29, 1.82) is 0 Å². The number of benzene rings is 1. The van der Waals surface area contributed by atoms with E-state index in [4.69, 9.17) is 10.5 Å². The van der Waals surface area contributed by atoms with Crippen LogP contribution in [0.15, 0.2) is 41.4 Å². The molecule has 1 aromatic heterocycles. The first kappa shape index (κ1) is 22.8. The molecule has 8 heteroatoms. The highest BCUT2D eigenvalue weighted by Gasteiger charge is 2.19. The van der Waals surface area contributed by atoms with Crippen molar-refractivity contribution in [2.75, 3.05) is 42.9 Å². The topological polar surface area (TPSA) is 83.2 Å². The number of hydrogen-bond donors (Lipinski definition) is 2. The summed E-state index contributed by atoms with van der Waals surface area (Å²) in [5, 5.41) is 4.74. The Morgan fingerprint density at radius 2 is 2.10 bits per heavy atom. The summed E-state index contributed by atoms with van der Waals surface area (Å²) < 4.78 is 6.08. The number of likely N-dealkylation sites (N-methyl/N-ethyl adjacent to an activating group) is 1. The first-order valence-corrected chi connectivity index (χ1v) is 11.4. The fourth-order valence-electron chi connectivity index (χ4n) is 3.54. The van der Waals surface area contributed by atoms with Crippen LogP contribution in [0.4, 0.5) is 17.1 Å². The number of aldehydes is 1. The maximum atomic E-state index is 11.3. The highest BCUT2D eigenvalue weighted by Crippen LogP contribution is 2.35. The van der Waals surface area contributed by atoms with Crippen molar-refractivity contribution in [1.82, 2.24) is 4.90 Å².